The van der Waals surface area contributed by atoms with Crippen molar-refractivity contribution in [3.63, 3.8) is 0 Å². The van der Waals surface area contributed by atoms with Crippen molar-refractivity contribution in [2.75, 3.05) is 20.3 Å². The quantitative estimate of drug-likeness (QED) is 0.873. The molecule has 1 aliphatic heterocycles. The minimum absolute atomic E-state index is 0.173. The second kappa shape index (κ2) is 7.17. The lowest BCUT2D eigenvalue weighted by atomic mass is 9.91. The molecule has 2 rings (SSSR count). The molecule has 2 heterocycles. The molecule has 6 heteroatoms. The number of carbonyl (C=O) groups excluding carboxylic acids is 1. The molecule has 0 bridgehead atoms. The van der Waals surface area contributed by atoms with Crippen LogP contribution in [0.3, 0.4) is 0 Å². The lowest BCUT2D eigenvalue weighted by Crippen LogP contribution is -2.42. The highest BCUT2D eigenvalue weighted by molar-refractivity contribution is 5.74. The summed E-state index contributed by atoms with van der Waals surface area (Å²) in [5.74, 6) is 0.902. The van der Waals surface area contributed by atoms with Gasteiger partial charge in [-0.25, -0.2) is 9.78 Å². The molecule has 2 N–H and O–H groups in total. The number of aromatic nitrogens is 1. The van der Waals surface area contributed by atoms with Gasteiger partial charge in [0.05, 0.1) is 19.3 Å². The summed E-state index contributed by atoms with van der Waals surface area (Å²) in [6.07, 6.45) is 0.974. The summed E-state index contributed by atoms with van der Waals surface area (Å²) in [5, 5.41) is 5.80. The van der Waals surface area contributed by atoms with Gasteiger partial charge in [0.15, 0.2) is 0 Å². The zero-order valence-electron chi connectivity index (χ0n) is 14.7. The summed E-state index contributed by atoms with van der Waals surface area (Å²) in [4.78, 5) is 16.4. The van der Waals surface area contributed by atoms with Gasteiger partial charge in [-0.2, -0.15) is 0 Å². The van der Waals surface area contributed by atoms with Crippen molar-refractivity contribution in [3.8, 4) is 5.88 Å². The molecule has 6 nitrogen and oxygen atoms in total. The standard InChI is InChI=1S/C17H27N3O3/c1-11-8-12(2)20-15(22-5)14(11)10-19-16(21)18-9-13-6-7-23-17(13,3)4/h8,13H,6-7,9-10H2,1-5H3,(H2,18,19,21). The van der Waals surface area contributed by atoms with Gasteiger partial charge in [0.25, 0.3) is 0 Å². The van der Waals surface area contributed by atoms with Crippen molar-refractivity contribution in [2.24, 2.45) is 5.92 Å². The molecule has 1 unspecified atom stereocenters. The number of methoxy groups -OCH3 is 1. The van der Waals surface area contributed by atoms with E-state index < -0.39 is 0 Å². The van der Waals surface area contributed by atoms with Crippen LogP contribution in [0.15, 0.2) is 6.07 Å². The molecule has 0 spiro atoms. The molecule has 1 saturated heterocycles. The van der Waals surface area contributed by atoms with Gasteiger partial charge in [-0.15, -0.1) is 0 Å². The molecule has 0 radical (unpaired) electrons. The van der Waals surface area contributed by atoms with Crippen molar-refractivity contribution >= 4 is 6.03 Å². The SMILES string of the molecule is COc1nc(C)cc(C)c1CNC(=O)NCC1CCOC1(C)C. The summed E-state index contributed by atoms with van der Waals surface area (Å²) < 4.78 is 11.0. The number of pyridine rings is 1. The van der Waals surface area contributed by atoms with Gasteiger partial charge >= 0.3 is 6.03 Å². The maximum Gasteiger partial charge on any atom is 0.315 e. The molecular formula is C17H27N3O3. The third-order valence-electron chi connectivity index (χ3n) is 4.49. The van der Waals surface area contributed by atoms with Gasteiger partial charge in [-0.05, 0) is 45.7 Å². The van der Waals surface area contributed by atoms with Crippen molar-refractivity contribution in [1.29, 1.82) is 0 Å². The van der Waals surface area contributed by atoms with Crippen LogP contribution in [0.25, 0.3) is 0 Å². The topological polar surface area (TPSA) is 72.5 Å². The number of aryl methyl sites for hydroxylation is 2. The predicted molar refractivity (Wildman–Crippen MR) is 88.6 cm³/mol. The van der Waals surface area contributed by atoms with Gasteiger partial charge in [0.1, 0.15) is 0 Å². The van der Waals surface area contributed by atoms with E-state index in [1.165, 1.54) is 0 Å². The number of nitrogens with zero attached hydrogens (tertiary/aromatic N) is 1. The summed E-state index contributed by atoms with van der Waals surface area (Å²) in [5.41, 5.74) is 2.68. The maximum absolute atomic E-state index is 12.0. The molecule has 1 aromatic rings. The van der Waals surface area contributed by atoms with Crippen LogP contribution in [-0.4, -0.2) is 36.9 Å². The average molecular weight is 321 g/mol. The molecule has 1 atom stereocenters. The highest BCUT2D eigenvalue weighted by Gasteiger charge is 2.35. The second-order valence-corrected chi connectivity index (χ2v) is 6.57. The van der Waals surface area contributed by atoms with Crippen LogP contribution in [0.4, 0.5) is 4.79 Å². The molecular weight excluding hydrogens is 294 g/mol. The molecule has 23 heavy (non-hydrogen) atoms. The Kier molecular flexibility index (Phi) is 5.46. The van der Waals surface area contributed by atoms with E-state index in [4.69, 9.17) is 9.47 Å². The van der Waals surface area contributed by atoms with Crippen molar-refractivity contribution < 1.29 is 14.3 Å². The number of rotatable bonds is 5. The highest BCUT2D eigenvalue weighted by atomic mass is 16.5. The Labute approximate surface area is 138 Å². The monoisotopic (exact) mass is 321 g/mol. The number of amides is 2. The first kappa shape index (κ1) is 17.5. The summed E-state index contributed by atoms with van der Waals surface area (Å²) in [7, 11) is 1.59. The van der Waals surface area contributed by atoms with Gasteiger partial charge in [-0.1, -0.05) is 0 Å². The minimum atomic E-state index is -0.185. The van der Waals surface area contributed by atoms with Crippen LogP contribution < -0.4 is 15.4 Å². The first-order valence-corrected chi connectivity index (χ1v) is 8.00. The number of hydrogen-bond donors (Lipinski definition) is 2. The van der Waals surface area contributed by atoms with E-state index in [1.807, 2.05) is 19.9 Å². The molecule has 0 aliphatic carbocycles. The van der Waals surface area contributed by atoms with Gasteiger partial charge in [-0.3, -0.25) is 0 Å². The van der Waals surface area contributed by atoms with Crippen LogP contribution in [0.5, 0.6) is 5.88 Å². The fourth-order valence-electron chi connectivity index (χ4n) is 2.94. The van der Waals surface area contributed by atoms with Gasteiger partial charge < -0.3 is 20.1 Å². The number of nitrogens with one attached hydrogen (secondary N) is 2. The van der Waals surface area contributed by atoms with E-state index in [2.05, 4.69) is 29.5 Å². The van der Waals surface area contributed by atoms with Crippen LogP contribution in [0.1, 0.15) is 37.1 Å². The van der Waals surface area contributed by atoms with Crippen LogP contribution >= 0.6 is 0 Å². The lowest BCUT2D eigenvalue weighted by Gasteiger charge is -2.25. The van der Waals surface area contributed by atoms with Gasteiger partial charge in [0, 0.05) is 30.3 Å². The molecule has 1 fully saturated rings. The fraction of sp³-hybridized carbons (Fsp3) is 0.647. The minimum Gasteiger partial charge on any atom is -0.481 e. The first-order valence-electron chi connectivity index (χ1n) is 8.00. The van der Waals surface area contributed by atoms with Crippen LogP contribution in [0, 0.1) is 19.8 Å². The summed E-state index contributed by atoms with van der Waals surface area (Å²) >= 11 is 0. The Hall–Kier alpha value is -1.82. The van der Waals surface area contributed by atoms with Crippen molar-refractivity contribution in [1.82, 2.24) is 15.6 Å². The lowest BCUT2D eigenvalue weighted by molar-refractivity contribution is 0.0120. The number of ether oxygens (including phenoxy) is 2. The van der Waals surface area contributed by atoms with E-state index in [-0.39, 0.29) is 11.6 Å². The molecule has 1 aliphatic rings. The predicted octanol–water partition coefficient (Wildman–Crippen LogP) is 2.32. The largest absolute Gasteiger partial charge is 0.481 e. The third kappa shape index (κ3) is 4.34. The summed E-state index contributed by atoms with van der Waals surface area (Å²) in [6, 6.07) is 1.80. The van der Waals surface area contributed by atoms with E-state index in [9.17, 15) is 4.79 Å². The third-order valence-corrected chi connectivity index (χ3v) is 4.49. The molecule has 1 aromatic heterocycles. The highest BCUT2D eigenvalue weighted by Crippen LogP contribution is 2.30. The van der Waals surface area contributed by atoms with Crippen molar-refractivity contribution in [3.05, 3.63) is 22.9 Å². The van der Waals surface area contributed by atoms with Crippen LogP contribution in [-0.2, 0) is 11.3 Å². The molecule has 0 aromatic carbocycles. The Balaban J connectivity index is 1.88. The Morgan fingerprint density at radius 1 is 1.43 bits per heavy atom. The normalized spacial score (nSPS) is 19.4. The Morgan fingerprint density at radius 2 is 2.17 bits per heavy atom. The molecule has 2 amide bonds. The summed E-state index contributed by atoms with van der Waals surface area (Å²) in [6.45, 7) is 9.80. The number of carbonyl (C=O) groups is 1. The second-order valence-electron chi connectivity index (χ2n) is 6.57. The van der Waals surface area contributed by atoms with Gasteiger partial charge in [0.2, 0.25) is 5.88 Å². The van der Waals surface area contributed by atoms with Crippen LogP contribution in [0.2, 0.25) is 0 Å². The average Bonchev–Trinajstić information content (AvgIpc) is 2.82. The maximum atomic E-state index is 12.0. The first-order chi connectivity index (χ1) is 10.8. The zero-order valence-corrected chi connectivity index (χ0v) is 14.7. The van der Waals surface area contributed by atoms with Crippen molar-refractivity contribution in [2.45, 2.75) is 46.3 Å². The zero-order chi connectivity index (χ0) is 17.0. The fourth-order valence-corrected chi connectivity index (χ4v) is 2.94. The Bertz CT molecular complexity index is 572. The Morgan fingerprint density at radius 3 is 2.78 bits per heavy atom. The smallest absolute Gasteiger partial charge is 0.315 e. The van der Waals surface area contributed by atoms with E-state index in [1.54, 1.807) is 7.11 Å². The number of hydrogen-bond acceptors (Lipinski definition) is 4. The van der Waals surface area contributed by atoms with E-state index in [0.29, 0.717) is 24.9 Å². The van der Waals surface area contributed by atoms with E-state index >= 15 is 0 Å². The number of urea groups is 1. The molecule has 128 valence electrons. The van der Waals surface area contributed by atoms with E-state index in [0.717, 1.165) is 29.8 Å². The molecule has 0 saturated carbocycles.